The van der Waals surface area contributed by atoms with Gasteiger partial charge in [0.05, 0.1) is 13.8 Å². The molecule has 1 aromatic rings. The van der Waals surface area contributed by atoms with Gasteiger partial charge in [0.25, 0.3) is 7.48 Å². The van der Waals surface area contributed by atoms with Crippen LogP contribution >= 0.6 is 0 Å². The van der Waals surface area contributed by atoms with Crippen LogP contribution in [0.15, 0.2) is 49.6 Å². The van der Waals surface area contributed by atoms with Crippen molar-refractivity contribution in [1.29, 1.82) is 0 Å². The Balaban J connectivity index is 2.92. The average Bonchev–Trinajstić information content (AvgIpc) is 2.81. The quantitative estimate of drug-likeness (QED) is 0.154. The summed E-state index contributed by atoms with van der Waals surface area (Å²) in [7, 11) is 1.30. The molecule has 0 saturated heterocycles. The van der Waals surface area contributed by atoms with Crippen molar-refractivity contribution in [3.63, 3.8) is 0 Å². The molecule has 0 radical (unpaired) electrons. The first-order valence-electron chi connectivity index (χ1n) is 10.7. The average molecular weight is 459 g/mol. The van der Waals surface area contributed by atoms with Crippen LogP contribution in [0.4, 0.5) is 0 Å². The van der Waals surface area contributed by atoms with Crippen LogP contribution in [0.2, 0.25) is 5.82 Å². The Kier molecular flexibility index (Phi) is 12.6. The zero-order valence-corrected chi connectivity index (χ0v) is 19.5. The van der Waals surface area contributed by atoms with E-state index >= 15 is 0 Å². The highest BCUT2D eigenvalue weighted by atomic mass is 16.5. The van der Waals surface area contributed by atoms with E-state index in [9.17, 15) is 14.4 Å². The van der Waals surface area contributed by atoms with Crippen LogP contribution in [0.5, 0.6) is 5.75 Å². The van der Waals surface area contributed by atoms with Crippen LogP contribution in [0.25, 0.3) is 0 Å². The van der Waals surface area contributed by atoms with Gasteiger partial charge >= 0.3 is 5.97 Å². The van der Waals surface area contributed by atoms with Crippen molar-refractivity contribution >= 4 is 25.3 Å². The number of carbonyl (C=O) groups is 3. The molecule has 3 atom stereocenters. The van der Waals surface area contributed by atoms with Gasteiger partial charge in [0.15, 0.2) is 0 Å². The summed E-state index contributed by atoms with van der Waals surface area (Å²) in [5, 5.41) is 5.32. The first kappa shape index (κ1) is 27.9. The monoisotopic (exact) mass is 459 g/mol. The number of carbonyl (C=O) groups excluding carboxylic acids is 3. The number of benzene rings is 1. The van der Waals surface area contributed by atoms with Gasteiger partial charge in [-0.2, -0.15) is 0 Å². The summed E-state index contributed by atoms with van der Waals surface area (Å²) in [6.45, 7) is 11.1. The highest BCUT2D eigenvalue weighted by Crippen LogP contribution is 2.19. The lowest BCUT2D eigenvalue weighted by Gasteiger charge is -2.25. The number of hydrogen-bond donors (Lipinski definition) is 3. The smallest absolute Gasteiger partial charge is 0.332 e. The molecular weight excluding hydrogens is 425 g/mol. The van der Waals surface area contributed by atoms with E-state index < -0.39 is 29.8 Å². The molecule has 10 heteroatoms. The Hall–Kier alpha value is -3.11. The van der Waals surface area contributed by atoms with Crippen molar-refractivity contribution in [2.24, 2.45) is 11.7 Å². The second-order valence-corrected chi connectivity index (χ2v) is 7.66. The van der Waals surface area contributed by atoms with E-state index in [2.05, 4.69) is 28.5 Å². The van der Waals surface area contributed by atoms with E-state index in [1.165, 1.54) is 13.2 Å². The van der Waals surface area contributed by atoms with Gasteiger partial charge < -0.3 is 30.5 Å². The van der Waals surface area contributed by atoms with Crippen LogP contribution in [0, 0.1) is 5.92 Å². The maximum absolute atomic E-state index is 13.1. The number of nitrogens with two attached hydrogens (primary N) is 1. The molecule has 1 rings (SSSR count). The maximum atomic E-state index is 13.1. The predicted molar refractivity (Wildman–Crippen MR) is 128 cm³/mol. The Morgan fingerprint density at radius 3 is 2.30 bits per heavy atom. The Morgan fingerprint density at radius 2 is 1.79 bits per heavy atom. The fraction of sp³-hybridized carbons (Fsp3) is 0.435. The van der Waals surface area contributed by atoms with E-state index in [-0.39, 0.29) is 26.0 Å². The number of ether oxygens (including phenoxy) is 2. The Morgan fingerprint density at radius 1 is 1.12 bits per heavy atom. The first-order valence-corrected chi connectivity index (χ1v) is 10.7. The third kappa shape index (κ3) is 9.50. The number of esters is 1. The topological polar surface area (TPSA) is 129 Å². The normalized spacial score (nSPS) is 13.2. The second kappa shape index (κ2) is 14.9. The van der Waals surface area contributed by atoms with Crippen LogP contribution in [-0.2, 0) is 30.2 Å². The van der Waals surface area contributed by atoms with Crippen LogP contribution in [-0.4, -0.2) is 57.8 Å². The zero-order chi connectivity index (χ0) is 24.8. The molecule has 33 heavy (non-hydrogen) atoms. The Labute approximate surface area is 196 Å². The number of methoxy groups -OCH3 is 1. The maximum Gasteiger partial charge on any atom is 0.332 e. The standard InChI is InChI=1S/C23H34BN3O6/c1-6-12-32-17-10-8-16(9-11-17)13-18(24-33-14-25)21(28)27-20(15(3)4)22(29)26-19(7-2)23(30)31-5/h6-11,15,18-20,24H,1-2,12-14,25H2,3-5H3,(H,26,29)(H,27,28)/t18-,19-,20-/m0/s1. The molecule has 0 bridgehead atoms. The van der Waals surface area contributed by atoms with Gasteiger partial charge in [-0.15, -0.1) is 6.58 Å². The molecule has 0 spiro atoms. The third-order valence-electron chi connectivity index (χ3n) is 4.82. The molecule has 0 fully saturated rings. The largest absolute Gasteiger partial charge is 0.490 e. The lowest BCUT2D eigenvalue weighted by molar-refractivity contribution is -0.144. The summed E-state index contributed by atoms with van der Waals surface area (Å²) in [6.07, 6.45) is 3.29. The fourth-order valence-corrected chi connectivity index (χ4v) is 2.99. The van der Waals surface area contributed by atoms with E-state index in [0.29, 0.717) is 18.8 Å². The number of amides is 2. The van der Waals surface area contributed by atoms with Gasteiger partial charge in [-0.1, -0.05) is 44.7 Å². The summed E-state index contributed by atoms with van der Waals surface area (Å²) in [4.78, 5) is 37.6. The number of nitrogens with one attached hydrogen (secondary N) is 2. The molecule has 1 aromatic carbocycles. The molecule has 0 aromatic heterocycles. The van der Waals surface area contributed by atoms with Gasteiger partial charge in [-0.05, 0) is 30.0 Å². The van der Waals surface area contributed by atoms with E-state index in [1.807, 2.05) is 24.3 Å². The van der Waals surface area contributed by atoms with Crippen molar-refractivity contribution in [2.75, 3.05) is 20.4 Å². The van der Waals surface area contributed by atoms with Gasteiger partial charge in [0.2, 0.25) is 11.8 Å². The number of hydrogen-bond acceptors (Lipinski definition) is 7. The van der Waals surface area contributed by atoms with E-state index in [4.69, 9.17) is 15.1 Å². The summed E-state index contributed by atoms with van der Waals surface area (Å²) < 4.78 is 15.4. The SMILES string of the molecule is C=CCOc1ccc(C[C@H](BOCN)C(=O)N[C@H](C(=O)N[C@@H](C=C)C(=O)OC)C(C)C)cc1. The van der Waals surface area contributed by atoms with Crippen molar-refractivity contribution in [3.05, 3.63) is 55.1 Å². The van der Waals surface area contributed by atoms with Gasteiger partial charge in [-0.25, -0.2) is 4.79 Å². The molecular formula is C23H34BN3O6. The molecule has 180 valence electrons. The minimum atomic E-state index is -1.01. The van der Waals surface area contributed by atoms with E-state index in [1.54, 1.807) is 19.9 Å². The van der Waals surface area contributed by atoms with Crippen LogP contribution in [0.3, 0.4) is 0 Å². The molecule has 0 aliphatic heterocycles. The summed E-state index contributed by atoms with van der Waals surface area (Å²) in [6, 6.07) is 5.45. The molecule has 0 heterocycles. The summed E-state index contributed by atoms with van der Waals surface area (Å²) >= 11 is 0. The minimum absolute atomic E-state index is 0.0354. The first-order chi connectivity index (χ1) is 15.8. The van der Waals surface area contributed by atoms with Crippen molar-refractivity contribution in [3.8, 4) is 5.75 Å². The molecule has 0 unspecified atom stereocenters. The molecule has 2 amide bonds. The summed E-state index contributed by atoms with van der Waals surface area (Å²) in [5.74, 6) is -1.67. The minimum Gasteiger partial charge on any atom is -0.490 e. The third-order valence-corrected chi connectivity index (χ3v) is 4.82. The molecule has 0 aliphatic rings. The van der Waals surface area contributed by atoms with Crippen LogP contribution < -0.4 is 21.1 Å². The second-order valence-electron chi connectivity index (χ2n) is 7.66. The zero-order valence-electron chi connectivity index (χ0n) is 19.5. The van der Waals surface area contributed by atoms with Crippen LogP contribution in [0.1, 0.15) is 19.4 Å². The van der Waals surface area contributed by atoms with Crippen molar-refractivity contribution in [1.82, 2.24) is 10.6 Å². The van der Waals surface area contributed by atoms with E-state index in [0.717, 1.165) is 5.56 Å². The molecule has 9 nitrogen and oxygen atoms in total. The van der Waals surface area contributed by atoms with Gasteiger partial charge in [-0.3, -0.25) is 9.59 Å². The molecule has 0 aliphatic carbocycles. The lowest BCUT2D eigenvalue weighted by Crippen LogP contribution is -2.54. The van der Waals surface area contributed by atoms with Crippen molar-refractivity contribution < 1.29 is 28.5 Å². The number of rotatable bonds is 15. The highest BCUT2D eigenvalue weighted by Gasteiger charge is 2.31. The Bertz CT molecular complexity index is 800. The van der Waals surface area contributed by atoms with Gasteiger partial charge in [0.1, 0.15) is 24.4 Å². The summed E-state index contributed by atoms with van der Waals surface area (Å²) in [5.41, 5.74) is 6.34. The molecule has 4 N–H and O–H groups in total. The predicted octanol–water partition coefficient (Wildman–Crippen LogP) is 0.851. The van der Waals surface area contributed by atoms with Crippen molar-refractivity contribution in [2.45, 2.75) is 38.2 Å². The highest BCUT2D eigenvalue weighted by molar-refractivity contribution is 6.37. The molecule has 0 saturated carbocycles. The lowest BCUT2D eigenvalue weighted by atomic mass is 9.75. The van der Waals surface area contributed by atoms with Gasteiger partial charge in [0, 0.05) is 5.82 Å². The fourth-order valence-electron chi connectivity index (χ4n) is 2.99.